The third kappa shape index (κ3) is 3.42. The first-order valence-corrected chi connectivity index (χ1v) is 10.0. The molecule has 0 saturated carbocycles. The highest BCUT2D eigenvalue weighted by molar-refractivity contribution is 7.51. The number of amides is 1. The molecule has 0 aromatic heterocycles. The summed E-state index contributed by atoms with van der Waals surface area (Å²) < 4.78 is 5.22. The van der Waals surface area contributed by atoms with Gasteiger partial charge >= 0.3 is 0 Å². The molecule has 1 saturated heterocycles. The van der Waals surface area contributed by atoms with Crippen molar-refractivity contribution in [3.8, 4) is 5.75 Å². The van der Waals surface area contributed by atoms with Crippen molar-refractivity contribution in [3.05, 3.63) is 60.0 Å². The maximum atomic E-state index is 12.7. The van der Waals surface area contributed by atoms with E-state index in [0.717, 1.165) is 42.0 Å². The Hall–Kier alpha value is -2.10. The summed E-state index contributed by atoms with van der Waals surface area (Å²) >= 11 is 0. The summed E-state index contributed by atoms with van der Waals surface area (Å²) in [5, 5.41) is 4.57. The van der Waals surface area contributed by atoms with E-state index in [9.17, 15) is 4.79 Å². The first-order valence-electron chi connectivity index (χ1n) is 8.97. The summed E-state index contributed by atoms with van der Waals surface area (Å²) in [5.74, 6) is 1.01. The van der Waals surface area contributed by atoms with E-state index >= 15 is 0 Å². The standard InChI is InChI=1S/C20H24N3O2P/c1-14-12-22(10-9-21-14)16-5-8-20-23(13-16)19(24)11-18(26-20)15-3-6-17(25-2)7-4-15/h3-8,11,13-14,20-21,26H,9-10,12H2,1-2H3/t14-,20?/m1/s1. The number of hydrogen-bond donors (Lipinski definition) is 1. The number of nitrogens with one attached hydrogen (secondary N) is 1. The fourth-order valence-corrected chi connectivity index (χ4v) is 4.95. The fraction of sp³-hybridized carbons (Fsp3) is 0.350. The zero-order valence-corrected chi connectivity index (χ0v) is 16.1. The zero-order chi connectivity index (χ0) is 18.1. The molecule has 26 heavy (non-hydrogen) atoms. The molecule has 136 valence electrons. The van der Waals surface area contributed by atoms with Crippen molar-refractivity contribution < 1.29 is 9.53 Å². The number of ether oxygens (including phenoxy) is 1. The van der Waals surface area contributed by atoms with E-state index in [4.69, 9.17) is 4.74 Å². The van der Waals surface area contributed by atoms with Crippen molar-refractivity contribution in [2.75, 3.05) is 26.7 Å². The third-order valence-corrected chi connectivity index (χ3v) is 6.49. The molecule has 0 spiro atoms. The van der Waals surface area contributed by atoms with Gasteiger partial charge in [0.2, 0.25) is 0 Å². The molecule has 1 N–H and O–H groups in total. The zero-order valence-electron chi connectivity index (χ0n) is 15.1. The minimum atomic E-state index is 0.0598. The average molecular weight is 369 g/mol. The second-order valence-electron chi connectivity index (χ2n) is 6.84. The Labute approximate surface area is 156 Å². The highest BCUT2D eigenvalue weighted by atomic mass is 31.1. The number of methoxy groups -OCH3 is 1. The fourth-order valence-electron chi connectivity index (χ4n) is 3.56. The lowest BCUT2D eigenvalue weighted by Gasteiger charge is -2.39. The number of carbonyl (C=O) groups excluding carboxylic acids is 1. The van der Waals surface area contributed by atoms with Crippen LogP contribution in [0.25, 0.3) is 5.31 Å². The number of nitrogens with zero attached hydrogens (tertiary/aromatic N) is 2. The normalized spacial score (nSPS) is 26.5. The van der Waals surface area contributed by atoms with Gasteiger partial charge in [0, 0.05) is 38.0 Å². The highest BCUT2D eigenvalue weighted by Gasteiger charge is 2.30. The number of benzene rings is 1. The second kappa shape index (κ2) is 7.26. The van der Waals surface area contributed by atoms with Gasteiger partial charge < -0.3 is 19.9 Å². The summed E-state index contributed by atoms with van der Waals surface area (Å²) in [6, 6.07) is 8.40. The molecule has 0 bridgehead atoms. The number of piperazine rings is 1. The number of rotatable bonds is 3. The quantitative estimate of drug-likeness (QED) is 0.832. The lowest BCUT2D eigenvalue weighted by atomic mass is 10.1. The van der Waals surface area contributed by atoms with Crippen LogP contribution < -0.4 is 10.1 Å². The molecule has 4 rings (SSSR count). The molecule has 1 fully saturated rings. The largest absolute Gasteiger partial charge is 0.497 e. The van der Waals surface area contributed by atoms with Crippen LogP contribution in [0.3, 0.4) is 0 Å². The highest BCUT2D eigenvalue weighted by Crippen LogP contribution is 2.44. The van der Waals surface area contributed by atoms with E-state index in [0.29, 0.717) is 14.6 Å². The topological polar surface area (TPSA) is 44.8 Å². The van der Waals surface area contributed by atoms with E-state index in [2.05, 4.69) is 29.3 Å². The first kappa shape index (κ1) is 17.3. The Morgan fingerprint density at radius 2 is 2.08 bits per heavy atom. The maximum absolute atomic E-state index is 12.7. The molecule has 3 aliphatic heterocycles. The SMILES string of the molecule is COc1ccc(C2=CC(=O)N3C=C(N4CCN[C@H](C)C4)C=CC3P2)cc1. The molecule has 3 aliphatic rings. The Balaban J connectivity index is 1.54. The molecular weight excluding hydrogens is 345 g/mol. The van der Waals surface area contributed by atoms with Gasteiger partial charge in [-0.25, -0.2) is 0 Å². The monoisotopic (exact) mass is 369 g/mol. The molecule has 2 unspecified atom stereocenters. The van der Waals surface area contributed by atoms with Crippen LogP contribution in [0, 0.1) is 0 Å². The van der Waals surface area contributed by atoms with Crippen LogP contribution in [-0.4, -0.2) is 54.3 Å². The van der Waals surface area contributed by atoms with Crippen molar-refractivity contribution in [2.24, 2.45) is 0 Å². The van der Waals surface area contributed by atoms with Gasteiger partial charge in [0.15, 0.2) is 0 Å². The molecular formula is C20H24N3O2P. The molecule has 6 heteroatoms. The Morgan fingerprint density at radius 3 is 2.81 bits per heavy atom. The summed E-state index contributed by atoms with van der Waals surface area (Å²) in [4.78, 5) is 17.0. The van der Waals surface area contributed by atoms with Crippen LogP contribution in [0.1, 0.15) is 12.5 Å². The summed E-state index contributed by atoms with van der Waals surface area (Å²) in [7, 11) is 2.20. The van der Waals surface area contributed by atoms with E-state index in [1.807, 2.05) is 35.4 Å². The van der Waals surface area contributed by atoms with Crippen molar-refractivity contribution in [1.82, 2.24) is 15.1 Å². The van der Waals surface area contributed by atoms with Gasteiger partial charge in [0.1, 0.15) is 5.75 Å². The summed E-state index contributed by atoms with van der Waals surface area (Å²) in [6.45, 7) is 5.12. The molecule has 0 radical (unpaired) electrons. The van der Waals surface area contributed by atoms with E-state index in [-0.39, 0.29) is 11.7 Å². The van der Waals surface area contributed by atoms with Crippen LogP contribution >= 0.6 is 8.58 Å². The minimum absolute atomic E-state index is 0.0598. The Morgan fingerprint density at radius 1 is 1.27 bits per heavy atom. The molecule has 1 amide bonds. The summed E-state index contributed by atoms with van der Waals surface area (Å²) in [6.07, 6.45) is 8.16. The predicted octanol–water partition coefficient (Wildman–Crippen LogP) is 2.59. The maximum Gasteiger partial charge on any atom is 0.252 e. The lowest BCUT2D eigenvalue weighted by molar-refractivity contribution is -0.123. The van der Waals surface area contributed by atoms with Crippen molar-refractivity contribution in [2.45, 2.75) is 18.7 Å². The van der Waals surface area contributed by atoms with E-state index < -0.39 is 0 Å². The average Bonchev–Trinajstić information content (AvgIpc) is 2.68. The van der Waals surface area contributed by atoms with E-state index in [1.54, 1.807) is 13.2 Å². The Kier molecular flexibility index (Phi) is 4.84. The minimum Gasteiger partial charge on any atom is -0.497 e. The molecule has 0 aliphatic carbocycles. The van der Waals surface area contributed by atoms with Crippen molar-refractivity contribution >= 4 is 19.8 Å². The molecule has 3 atom stereocenters. The van der Waals surface area contributed by atoms with Gasteiger partial charge in [0.25, 0.3) is 5.91 Å². The molecule has 5 nitrogen and oxygen atoms in total. The van der Waals surface area contributed by atoms with Crippen molar-refractivity contribution in [1.29, 1.82) is 0 Å². The third-order valence-electron chi connectivity index (χ3n) is 4.98. The smallest absolute Gasteiger partial charge is 0.252 e. The van der Waals surface area contributed by atoms with Crippen LogP contribution in [0.2, 0.25) is 0 Å². The Bertz CT molecular complexity index is 785. The molecule has 3 heterocycles. The second-order valence-corrected chi connectivity index (χ2v) is 8.25. The number of hydrogen-bond acceptors (Lipinski definition) is 4. The number of fused-ring (bicyclic) bond motifs is 1. The molecule has 1 aromatic rings. The van der Waals surface area contributed by atoms with Gasteiger partial charge in [-0.2, -0.15) is 0 Å². The van der Waals surface area contributed by atoms with Crippen LogP contribution in [0.15, 0.2) is 54.4 Å². The predicted molar refractivity (Wildman–Crippen MR) is 106 cm³/mol. The molecule has 1 aromatic carbocycles. The van der Waals surface area contributed by atoms with Gasteiger partial charge in [-0.3, -0.25) is 4.79 Å². The van der Waals surface area contributed by atoms with Crippen LogP contribution in [0.5, 0.6) is 5.75 Å². The van der Waals surface area contributed by atoms with Gasteiger partial charge in [0.05, 0.1) is 18.6 Å². The van der Waals surface area contributed by atoms with E-state index in [1.165, 1.54) is 0 Å². The first-order chi connectivity index (χ1) is 12.6. The van der Waals surface area contributed by atoms with Crippen LogP contribution in [-0.2, 0) is 4.79 Å². The number of allylic oxidation sites excluding steroid dienone is 1. The van der Waals surface area contributed by atoms with Crippen molar-refractivity contribution in [3.63, 3.8) is 0 Å². The van der Waals surface area contributed by atoms with Gasteiger partial charge in [-0.05, 0) is 36.0 Å². The van der Waals surface area contributed by atoms with Crippen LogP contribution in [0.4, 0.5) is 0 Å². The van der Waals surface area contributed by atoms with Gasteiger partial charge in [-0.15, -0.1) is 0 Å². The summed E-state index contributed by atoms with van der Waals surface area (Å²) in [5.41, 5.74) is 2.23. The number of carbonyl (C=O) groups is 1. The van der Waals surface area contributed by atoms with Gasteiger partial charge in [-0.1, -0.05) is 26.8 Å². The lowest BCUT2D eigenvalue weighted by Crippen LogP contribution is -2.49.